The molecule has 134 valence electrons. The van der Waals surface area contributed by atoms with Crippen molar-refractivity contribution in [3.63, 3.8) is 0 Å². The van der Waals surface area contributed by atoms with Crippen molar-refractivity contribution in [2.24, 2.45) is 0 Å². The lowest BCUT2D eigenvalue weighted by Gasteiger charge is -2.20. The van der Waals surface area contributed by atoms with Gasteiger partial charge in [-0.1, -0.05) is 30.7 Å². The second kappa shape index (κ2) is 6.32. The van der Waals surface area contributed by atoms with Crippen LogP contribution in [0.15, 0.2) is 24.3 Å². The van der Waals surface area contributed by atoms with Crippen molar-refractivity contribution in [3.05, 3.63) is 63.0 Å². The molecule has 3 aromatic rings. The van der Waals surface area contributed by atoms with Gasteiger partial charge in [-0.15, -0.1) is 21.5 Å². The topological polar surface area (TPSA) is 39.9 Å². The Morgan fingerprint density at radius 2 is 2.00 bits per heavy atom. The molecule has 2 aromatic heterocycles. The minimum absolute atomic E-state index is 0.468. The molecular formula is C21H23N3OS. The van der Waals surface area contributed by atoms with Gasteiger partial charge in [0.25, 0.3) is 0 Å². The van der Waals surface area contributed by atoms with Crippen LogP contribution in [0.3, 0.4) is 0 Å². The quantitative estimate of drug-likeness (QED) is 0.580. The standard InChI is InChI=1S/C21H23N3OS/c1-13-20(17-10-6-4-8-15-7-3-5-9-16(15)17)18-11-25-12-19-23-22-14(2)24(19)21(18)26-13/h3,5,7,9,17H,4,6,8,10-12H2,1-2H3. The number of hydrogen-bond acceptors (Lipinski definition) is 4. The molecule has 0 spiro atoms. The van der Waals surface area contributed by atoms with Gasteiger partial charge in [0.15, 0.2) is 5.82 Å². The Morgan fingerprint density at radius 1 is 1.12 bits per heavy atom. The molecule has 0 N–H and O–H groups in total. The summed E-state index contributed by atoms with van der Waals surface area (Å²) in [5.41, 5.74) is 5.86. The van der Waals surface area contributed by atoms with Gasteiger partial charge in [-0.2, -0.15) is 0 Å². The van der Waals surface area contributed by atoms with E-state index < -0.39 is 0 Å². The predicted octanol–water partition coefficient (Wildman–Crippen LogP) is 4.83. The predicted molar refractivity (Wildman–Crippen MR) is 103 cm³/mol. The maximum Gasteiger partial charge on any atom is 0.164 e. The molecule has 3 heterocycles. The summed E-state index contributed by atoms with van der Waals surface area (Å²) in [7, 11) is 0. The number of ether oxygens (including phenoxy) is 1. The third-order valence-corrected chi connectivity index (χ3v) is 6.90. The second-order valence-corrected chi connectivity index (χ2v) is 8.55. The van der Waals surface area contributed by atoms with E-state index in [9.17, 15) is 0 Å². The fourth-order valence-electron chi connectivity index (χ4n) is 4.59. The van der Waals surface area contributed by atoms with Crippen LogP contribution < -0.4 is 0 Å². The Kier molecular flexibility index (Phi) is 3.94. The highest BCUT2D eigenvalue weighted by Crippen LogP contribution is 2.45. The molecule has 5 heteroatoms. The van der Waals surface area contributed by atoms with Crippen molar-refractivity contribution in [1.82, 2.24) is 14.8 Å². The monoisotopic (exact) mass is 365 g/mol. The number of hydrogen-bond donors (Lipinski definition) is 0. The largest absolute Gasteiger partial charge is 0.369 e. The van der Waals surface area contributed by atoms with Gasteiger partial charge in [-0.05, 0) is 49.8 Å². The van der Waals surface area contributed by atoms with Gasteiger partial charge in [0.1, 0.15) is 17.4 Å². The van der Waals surface area contributed by atoms with Gasteiger partial charge in [-0.3, -0.25) is 4.57 Å². The first-order valence-electron chi connectivity index (χ1n) is 9.43. The molecule has 1 aliphatic carbocycles. The number of benzene rings is 1. The molecule has 5 rings (SSSR count). The number of aryl methyl sites for hydroxylation is 3. The van der Waals surface area contributed by atoms with E-state index in [1.54, 1.807) is 0 Å². The van der Waals surface area contributed by atoms with E-state index in [2.05, 4.69) is 46.0 Å². The highest BCUT2D eigenvalue weighted by Gasteiger charge is 2.30. The highest BCUT2D eigenvalue weighted by atomic mass is 32.1. The van der Waals surface area contributed by atoms with Crippen LogP contribution in [-0.2, 0) is 24.4 Å². The molecule has 1 atom stereocenters. The minimum atomic E-state index is 0.468. The molecule has 1 unspecified atom stereocenters. The normalized spacial score (nSPS) is 19.2. The molecule has 0 saturated heterocycles. The number of aromatic nitrogens is 3. The summed E-state index contributed by atoms with van der Waals surface area (Å²) in [5.74, 6) is 2.33. The summed E-state index contributed by atoms with van der Waals surface area (Å²) in [4.78, 5) is 1.40. The van der Waals surface area contributed by atoms with Gasteiger partial charge in [0, 0.05) is 16.4 Å². The average molecular weight is 366 g/mol. The van der Waals surface area contributed by atoms with Gasteiger partial charge in [0.2, 0.25) is 0 Å². The summed E-state index contributed by atoms with van der Waals surface area (Å²) >= 11 is 1.87. The minimum Gasteiger partial charge on any atom is -0.369 e. The maximum atomic E-state index is 6.01. The molecule has 0 radical (unpaired) electrons. The van der Waals surface area contributed by atoms with Gasteiger partial charge >= 0.3 is 0 Å². The maximum absolute atomic E-state index is 6.01. The molecule has 1 aromatic carbocycles. The molecule has 1 aliphatic heterocycles. The fraction of sp³-hybridized carbons (Fsp3) is 0.429. The van der Waals surface area contributed by atoms with E-state index in [0.29, 0.717) is 19.1 Å². The van der Waals surface area contributed by atoms with Crippen LogP contribution in [0.4, 0.5) is 0 Å². The van der Waals surface area contributed by atoms with E-state index >= 15 is 0 Å². The van der Waals surface area contributed by atoms with E-state index in [-0.39, 0.29) is 0 Å². The zero-order valence-corrected chi connectivity index (χ0v) is 16.1. The average Bonchev–Trinajstić information content (AvgIpc) is 2.99. The van der Waals surface area contributed by atoms with Crippen LogP contribution in [-0.4, -0.2) is 14.8 Å². The number of rotatable bonds is 1. The van der Waals surface area contributed by atoms with E-state index in [1.807, 2.05) is 18.3 Å². The van der Waals surface area contributed by atoms with E-state index in [4.69, 9.17) is 4.74 Å². The molecule has 0 fully saturated rings. The first-order valence-corrected chi connectivity index (χ1v) is 10.2. The van der Waals surface area contributed by atoms with E-state index in [1.165, 1.54) is 57.8 Å². The summed E-state index contributed by atoms with van der Waals surface area (Å²) in [5, 5.41) is 9.85. The summed E-state index contributed by atoms with van der Waals surface area (Å²) in [6.45, 7) is 5.49. The van der Waals surface area contributed by atoms with Gasteiger partial charge in [-0.25, -0.2) is 0 Å². The Morgan fingerprint density at radius 3 is 2.92 bits per heavy atom. The summed E-state index contributed by atoms with van der Waals surface area (Å²) < 4.78 is 8.21. The lowest BCUT2D eigenvalue weighted by Crippen LogP contribution is -2.07. The first-order chi connectivity index (χ1) is 12.7. The Bertz CT molecular complexity index is 972. The van der Waals surface area contributed by atoms with Crippen molar-refractivity contribution in [2.75, 3.05) is 0 Å². The third-order valence-electron chi connectivity index (χ3n) is 5.75. The number of fused-ring (bicyclic) bond motifs is 4. The summed E-state index contributed by atoms with van der Waals surface area (Å²) in [6, 6.07) is 9.02. The third kappa shape index (κ3) is 2.45. The molecule has 2 aliphatic rings. The number of thiophene rings is 1. The smallest absolute Gasteiger partial charge is 0.164 e. The Balaban J connectivity index is 1.71. The molecule has 4 nitrogen and oxygen atoms in total. The molecule has 0 bridgehead atoms. The van der Waals surface area contributed by atoms with Crippen molar-refractivity contribution >= 4 is 11.3 Å². The van der Waals surface area contributed by atoms with Crippen LogP contribution in [0.2, 0.25) is 0 Å². The highest BCUT2D eigenvalue weighted by molar-refractivity contribution is 7.14. The fourth-order valence-corrected chi connectivity index (χ4v) is 5.88. The number of nitrogens with zero attached hydrogens (tertiary/aromatic N) is 3. The zero-order valence-electron chi connectivity index (χ0n) is 15.3. The van der Waals surface area contributed by atoms with Crippen molar-refractivity contribution in [2.45, 2.75) is 58.7 Å². The van der Waals surface area contributed by atoms with Gasteiger partial charge in [0.05, 0.1) is 6.61 Å². The molecule has 0 saturated carbocycles. The molecular weight excluding hydrogens is 342 g/mol. The van der Waals surface area contributed by atoms with Crippen molar-refractivity contribution in [3.8, 4) is 5.00 Å². The van der Waals surface area contributed by atoms with Crippen molar-refractivity contribution in [1.29, 1.82) is 0 Å². The zero-order chi connectivity index (χ0) is 17.7. The lowest BCUT2D eigenvalue weighted by molar-refractivity contribution is 0.104. The van der Waals surface area contributed by atoms with Crippen LogP contribution >= 0.6 is 11.3 Å². The van der Waals surface area contributed by atoms with Crippen LogP contribution in [0.25, 0.3) is 5.00 Å². The Labute approximate surface area is 157 Å². The molecule has 0 amide bonds. The van der Waals surface area contributed by atoms with Crippen LogP contribution in [0, 0.1) is 13.8 Å². The summed E-state index contributed by atoms with van der Waals surface area (Å²) in [6.07, 6.45) is 4.98. The van der Waals surface area contributed by atoms with Gasteiger partial charge < -0.3 is 4.74 Å². The second-order valence-electron chi connectivity index (χ2n) is 7.34. The Hall–Kier alpha value is -1.98. The van der Waals surface area contributed by atoms with E-state index in [0.717, 1.165) is 11.6 Å². The SMILES string of the molecule is Cc1sc2c(c1C1CCCCc3ccccc31)COCc1nnc(C)n1-2. The first kappa shape index (κ1) is 16.2. The van der Waals surface area contributed by atoms with Crippen LogP contribution in [0.1, 0.15) is 64.0 Å². The lowest BCUT2D eigenvalue weighted by atomic mass is 9.84. The van der Waals surface area contributed by atoms with Crippen LogP contribution in [0.5, 0.6) is 0 Å². The van der Waals surface area contributed by atoms with Crippen molar-refractivity contribution < 1.29 is 4.74 Å². The molecule has 26 heavy (non-hydrogen) atoms.